The monoisotopic (exact) mass is 187 g/mol. The summed E-state index contributed by atoms with van der Waals surface area (Å²) in [4.78, 5) is 0.000556. The molecule has 0 atom stereocenters. The summed E-state index contributed by atoms with van der Waals surface area (Å²) in [6.07, 6.45) is 0. The van der Waals surface area contributed by atoms with Crippen LogP contribution < -0.4 is 4.89 Å². The van der Waals surface area contributed by atoms with E-state index in [1.165, 1.54) is 12.1 Å². The highest BCUT2D eigenvalue weighted by Gasteiger charge is 2.11. The summed E-state index contributed by atoms with van der Waals surface area (Å²) in [5, 5.41) is 10.1. The summed E-state index contributed by atoms with van der Waals surface area (Å²) in [7, 11) is -3.70. The van der Waals surface area contributed by atoms with Crippen LogP contribution in [0.4, 0.5) is 0 Å². The molecule has 0 aromatic heterocycles. The van der Waals surface area contributed by atoms with E-state index >= 15 is 0 Å². The first-order valence-corrected chi connectivity index (χ1v) is 4.88. The Morgan fingerprint density at radius 3 is 2.17 bits per heavy atom. The minimum Gasteiger partial charge on any atom is -0.620 e. The highest BCUT2D eigenvalue weighted by Crippen LogP contribution is 2.06. The smallest absolute Gasteiger partial charge is 0.323 e. The Morgan fingerprint density at radius 2 is 1.75 bits per heavy atom. The normalized spacial score (nSPS) is 11.5. The SMILES string of the molecule is Cc1ccc(S(=O)(=O)[NH2+][O-])cc1. The van der Waals surface area contributed by atoms with Crippen molar-refractivity contribution in [3.05, 3.63) is 35.0 Å². The van der Waals surface area contributed by atoms with Gasteiger partial charge in [0.05, 0.1) is 0 Å². The Bertz CT molecular complexity index is 355. The first kappa shape index (κ1) is 9.18. The van der Waals surface area contributed by atoms with E-state index in [9.17, 15) is 13.6 Å². The molecule has 1 aromatic carbocycles. The number of rotatable bonds is 2. The third-order valence-corrected chi connectivity index (χ3v) is 2.66. The molecule has 0 aliphatic heterocycles. The molecule has 1 aromatic rings. The summed E-state index contributed by atoms with van der Waals surface area (Å²) >= 11 is 0. The number of sulfonamides is 1. The van der Waals surface area contributed by atoms with Crippen molar-refractivity contribution >= 4 is 10.0 Å². The van der Waals surface area contributed by atoms with Gasteiger partial charge in [0.25, 0.3) is 0 Å². The zero-order valence-electron chi connectivity index (χ0n) is 6.52. The Morgan fingerprint density at radius 1 is 1.25 bits per heavy atom. The number of benzene rings is 1. The standard InChI is InChI=1S/C7H9NO3S/c1-6-2-4-7(5-3-6)12(10,11)8-9/h2-5H,8H2,1H3. The predicted molar refractivity (Wildman–Crippen MR) is 43.7 cm³/mol. The van der Waals surface area contributed by atoms with E-state index in [0.29, 0.717) is 0 Å². The van der Waals surface area contributed by atoms with Gasteiger partial charge < -0.3 is 5.21 Å². The van der Waals surface area contributed by atoms with Crippen molar-refractivity contribution in [2.75, 3.05) is 0 Å². The molecule has 0 fully saturated rings. The Labute approximate surface area is 70.9 Å². The zero-order chi connectivity index (χ0) is 9.19. The lowest BCUT2D eigenvalue weighted by molar-refractivity contribution is -0.416. The van der Waals surface area contributed by atoms with Crippen LogP contribution >= 0.6 is 0 Å². The maximum atomic E-state index is 10.9. The third-order valence-electron chi connectivity index (χ3n) is 1.48. The van der Waals surface area contributed by atoms with Gasteiger partial charge in [0, 0.05) is 0 Å². The largest absolute Gasteiger partial charge is 0.620 e. The summed E-state index contributed by atoms with van der Waals surface area (Å²) in [5.41, 5.74) is 0.958. The van der Waals surface area contributed by atoms with Gasteiger partial charge in [-0.1, -0.05) is 17.7 Å². The minimum absolute atomic E-state index is 0.0440. The second kappa shape index (κ2) is 3.22. The molecule has 4 nitrogen and oxygen atoms in total. The number of hydrogen-bond donors (Lipinski definition) is 1. The molecule has 0 aliphatic rings. The van der Waals surface area contributed by atoms with Gasteiger partial charge >= 0.3 is 10.0 Å². The molecule has 5 heteroatoms. The minimum atomic E-state index is -3.70. The third kappa shape index (κ3) is 1.82. The summed E-state index contributed by atoms with van der Waals surface area (Å²) in [6.45, 7) is 1.84. The Balaban J connectivity index is 3.14. The van der Waals surface area contributed by atoms with Crippen LogP contribution in [0.15, 0.2) is 29.2 Å². The van der Waals surface area contributed by atoms with Gasteiger partial charge in [0.15, 0.2) is 0 Å². The predicted octanol–water partition coefficient (Wildman–Crippen LogP) is -0.255. The second-order valence-electron chi connectivity index (χ2n) is 2.45. The van der Waals surface area contributed by atoms with Crippen LogP contribution in [-0.2, 0) is 10.0 Å². The number of hydrogen-bond acceptors (Lipinski definition) is 3. The van der Waals surface area contributed by atoms with E-state index in [4.69, 9.17) is 0 Å². The van der Waals surface area contributed by atoms with Crippen LogP contribution in [0.25, 0.3) is 0 Å². The number of primary sulfonamides is 1. The van der Waals surface area contributed by atoms with Crippen molar-refractivity contribution in [1.29, 1.82) is 0 Å². The number of quaternary nitrogens is 1. The maximum absolute atomic E-state index is 10.9. The molecule has 0 unspecified atom stereocenters. The summed E-state index contributed by atoms with van der Waals surface area (Å²) in [6, 6.07) is 6.13. The van der Waals surface area contributed by atoms with E-state index in [2.05, 4.69) is 0 Å². The van der Waals surface area contributed by atoms with E-state index in [0.717, 1.165) is 5.56 Å². The molecule has 66 valence electrons. The molecule has 0 saturated carbocycles. The van der Waals surface area contributed by atoms with Crippen LogP contribution in [0.5, 0.6) is 0 Å². The molecule has 12 heavy (non-hydrogen) atoms. The van der Waals surface area contributed by atoms with Crippen molar-refractivity contribution in [3.8, 4) is 0 Å². The molecule has 0 amide bonds. The topological polar surface area (TPSA) is 73.8 Å². The Hall–Kier alpha value is -0.910. The Kier molecular flexibility index (Phi) is 2.46. The lowest BCUT2D eigenvalue weighted by Crippen LogP contribution is -2.80. The fourth-order valence-corrected chi connectivity index (χ4v) is 1.41. The van der Waals surface area contributed by atoms with Crippen molar-refractivity contribution in [2.45, 2.75) is 11.8 Å². The van der Waals surface area contributed by atoms with Gasteiger partial charge in [-0.3, -0.25) is 4.89 Å². The quantitative estimate of drug-likeness (QED) is 0.648. The molecule has 0 spiro atoms. The average Bonchev–Trinajstić information content (AvgIpc) is 2.05. The number of aryl methyl sites for hydroxylation is 1. The molecule has 0 aliphatic carbocycles. The summed E-state index contributed by atoms with van der Waals surface area (Å²) < 4.78 is 21.9. The second-order valence-corrected chi connectivity index (χ2v) is 4.21. The van der Waals surface area contributed by atoms with E-state index in [1.54, 1.807) is 12.1 Å². The molecular formula is C7H9NO3S. The molecule has 0 bridgehead atoms. The molecule has 0 heterocycles. The fraction of sp³-hybridized carbons (Fsp3) is 0.143. The van der Waals surface area contributed by atoms with Crippen molar-refractivity contribution in [3.63, 3.8) is 0 Å². The van der Waals surface area contributed by atoms with Gasteiger partial charge in [-0.25, -0.2) is 0 Å². The van der Waals surface area contributed by atoms with Gasteiger partial charge in [-0.15, -0.1) is 0 Å². The molecule has 1 rings (SSSR count). The molecular weight excluding hydrogens is 178 g/mol. The van der Waals surface area contributed by atoms with Crippen molar-refractivity contribution in [1.82, 2.24) is 0 Å². The van der Waals surface area contributed by atoms with Crippen LogP contribution in [0.3, 0.4) is 0 Å². The van der Waals surface area contributed by atoms with Gasteiger partial charge in [-0.2, -0.15) is 8.42 Å². The van der Waals surface area contributed by atoms with E-state index < -0.39 is 10.0 Å². The zero-order valence-corrected chi connectivity index (χ0v) is 7.34. The van der Waals surface area contributed by atoms with E-state index in [1.807, 2.05) is 6.92 Å². The summed E-state index contributed by atoms with van der Waals surface area (Å²) in [5.74, 6) is 0. The lowest BCUT2D eigenvalue weighted by atomic mass is 10.2. The van der Waals surface area contributed by atoms with Crippen molar-refractivity contribution < 1.29 is 13.3 Å². The highest BCUT2D eigenvalue weighted by atomic mass is 32.2. The van der Waals surface area contributed by atoms with Crippen LogP contribution in [-0.4, -0.2) is 8.42 Å². The first-order chi connectivity index (χ1) is 5.56. The first-order valence-electron chi connectivity index (χ1n) is 3.33. The lowest BCUT2D eigenvalue weighted by Gasteiger charge is -2.03. The van der Waals surface area contributed by atoms with Gasteiger partial charge in [0.2, 0.25) is 0 Å². The van der Waals surface area contributed by atoms with Crippen molar-refractivity contribution in [2.24, 2.45) is 0 Å². The van der Waals surface area contributed by atoms with Crippen LogP contribution in [0.2, 0.25) is 0 Å². The van der Waals surface area contributed by atoms with E-state index in [-0.39, 0.29) is 9.78 Å². The molecule has 2 N–H and O–H groups in total. The highest BCUT2D eigenvalue weighted by molar-refractivity contribution is 7.84. The fourth-order valence-electron chi connectivity index (χ4n) is 0.784. The molecule has 0 radical (unpaired) electrons. The van der Waals surface area contributed by atoms with Crippen LogP contribution in [0.1, 0.15) is 5.56 Å². The van der Waals surface area contributed by atoms with Gasteiger partial charge in [-0.05, 0) is 19.1 Å². The number of nitrogens with two attached hydrogens (primary N) is 1. The van der Waals surface area contributed by atoms with Gasteiger partial charge in [0.1, 0.15) is 4.90 Å². The van der Waals surface area contributed by atoms with Crippen LogP contribution in [0, 0.1) is 12.1 Å². The average molecular weight is 187 g/mol. The maximum Gasteiger partial charge on any atom is 0.323 e. The molecule has 0 saturated heterocycles.